The molecule has 0 aromatic heterocycles. The molecule has 0 saturated carbocycles. The second-order valence-electron chi connectivity index (χ2n) is 5.36. The smallest absolute Gasteiger partial charge is 0.314 e. The minimum atomic E-state index is -0.284. The molecule has 0 unspecified atom stereocenters. The molecule has 1 aromatic carbocycles. The molecule has 4 amide bonds. The fourth-order valence-electron chi connectivity index (χ4n) is 2.22. The van der Waals surface area contributed by atoms with Crippen LogP contribution in [0.2, 0.25) is 0 Å². The van der Waals surface area contributed by atoms with Crippen molar-refractivity contribution in [1.29, 1.82) is 0 Å². The van der Waals surface area contributed by atoms with E-state index in [0.29, 0.717) is 24.1 Å². The van der Waals surface area contributed by atoms with Crippen LogP contribution < -0.4 is 10.6 Å². The quantitative estimate of drug-likeness (QED) is 0.618. The maximum absolute atomic E-state index is 12.2. The summed E-state index contributed by atoms with van der Waals surface area (Å²) in [5, 5.41) is 5.40. The topological polar surface area (TPSA) is 78.5 Å². The molecule has 0 spiro atoms. The van der Waals surface area contributed by atoms with Crippen molar-refractivity contribution in [3.63, 3.8) is 0 Å². The Morgan fingerprint density at radius 2 is 1.91 bits per heavy atom. The second-order valence-corrected chi connectivity index (χ2v) is 6.28. The van der Waals surface area contributed by atoms with E-state index in [1.807, 2.05) is 13.8 Å². The van der Waals surface area contributed by atoms with Crippen molar-refractivity contribution in [3.8, 4) is 0 Å². The predicted molar refractivity (Wildman–Crippen MR) is 85.8 cm³/mol. The number of amides is 4. The van der Waals surface area contributed by atoms with Gasteiger partial charge in [0.2, 0.25) is 0 Å². The van der Waals surface area contributed by atoms with Gasteiger partial charge < -0.3 is 10.6 Å². The number of nitrogens with one attached hydrogen (secondary N) is 2. The summed E-state index contributed by atoms with van der Waals surface area (Å²) < 4.78 is 0.765. The Morgan fingerprint density at radius 1 is 1.23 bits per heavy atom. The number of imide groups is 1. The normalized spacial score (nSPS) is 13.5. The summed E-state index contributed by atoms with van der Waals surface area (Å²) in [5.41, 5.74) is 0.851. The molecule has 1 aliphatic heterocycles. The fourth-order valence-corrected chi connectivity index (χ4v) is 2.58. The first-order valence-electron chi connectivity index (χ1n) is 7.10. The van der Waals surface area contributed by atoms with Crippen LogP contribution in [0.25, 0.3) is 0 Å². The SMILES string of the molecule is CC(C)NC(=O)NCCCN1C(=O)c2ccc(Br)cc2C1=O. The van der Waals surface area contributed by atoms with Gasteiger partial charge in [-0.3, -0.25) is 14.5 Å². The minimum absolute atomic E-state index is 0.0645. The molecule has 1 aromatic rings. The standard InChI is InChI=1S/C15H18BrN3O3/c1-9(2)18-15(22)17-6-3-7-19-13(20)11-5-4-10(16)8-12(11)14(19)21/h4-5,8-9H,3,6-7H2,1-2H3,(H2,17,18,22). The van der Waals surface area contributed by atoms with E-state index >= 15 is 0 Å². The number of rotatable bonds is 5. The maximum atomic E-state index is 12.2. The van der Waals surface area contributed by atoms with Crippen molar-refractivity contribution in [2.45, 2.75) is 26.3 Å². The van der Waals surface area contributed by atoms with Crippen molar-refractivity contribution in [2.24, 2.45) is 0 Å². The molecule has 0 bridgehead atoms. The number of carbonyl (C=O) groups is 3. The molecule has 2 N–H and O–H groups in total. The van der Waals surface area contributed by atoms with Crippen molar-refractivity contribution in [3.05, 3.63) is 33.8 Å². The zero-order valence-corrected chi connectivity index (χ0v) is 14.1. The molecule has 6 nitrogen and oxygen atoms in total. The van der Waals surface area contributed by atoms with E-state index in [-0.39, 0.29) is 30.4 Å². The van der Waals surface area contributed by atoms with Gasteiger partial charge in [0.1, 0.15) is 0 Å². The number of hydrogen-bond donors (Lipinski definition) is 2. The van der Waals surface area contributed by atoms with E-state index in [4.69, 9.17) is 0 Å². The van der Waals surface area contributed by atoms with E-state index < -0.39 is 0 Å². The highest BCUT2D eigenvalue weighted by molar-refractivity contribution is 9.10. The first-order valence-corrected chi connectivity index (χ1v) is 7.89. The van der Waals surface area contributed by atoms with Crippen LogP contribution in [0.4, 0.5) is 4.79 Å². The van der Waals surface area contributed by atoms with Crippen LogP contribution in [0, 0.1) is 0 Å². The van der Waals surface area contributed by atoms with Crippen LogP contribution in [-0.2, 0) is 0 Å². The number of halogens is 1. The lowest BCUT2D eigenvalue weighted by molar-refractivity contribution is 0.0653. The lowest BCUT2D eigenvalue weighted by atomic mass is 10.1. The van der Waals surface area contributed by atoms with Gasteiger partial charge in [-0.05, 0) is 38.5 Å². The summed E-state index contributed by atoms with van der Waals surface area (Å²) >= 11 is 3.30. The van der Waals surface area contributed by atoms with Crippen molar-refractivity contribution in [1.82, 2.24) is 15.5 Å². The highest BCUT2D eigenvalue weighted by atomic mass is 79.9. The molecule has 22 heavy (non-hydrogen) atoms. The predicted octanol–water partition coefficient (Wildman–Crippen LogP) is 2.14. The Hall–Kier alpha value is -1.89. The first-order chi connectivity index (χ1) is 10.4. The second kappa shape index (κ2) is 6.91. The number of urea groups is 1. The summed E-state index contributed by atoms with van der Waals surface area (Å²) in [7, 11) is 0. The Labute approximate surface area is 137 Å². The minimum Gasteiger partial charge on any atom is -0.338 e. The van der Waals surface area contributed by atoms with Crippen molar-refractivity contribution >= 4 is 33.8 Å². The largest absolute Gasteiger partial charge is 0.338 e. The van der Waals surface area contributed by atoms with E-state index in [0.717, 1.165) is 4.47 Å². The third-order valence-electron chi connectivity index (χ3n) is 3.20. The molecule has 0 atom stereocenters. The molecule has 1 aliphatic rings. The molecule has 118 valence electrons. The monoisotopic (exact) mass is 367 g/mol. The first kappa shape index (κ1) is 16.5. The lowest BCUT2D eigenvalue weighted by Crippen LogP contribution is -2.41. The van der Waals surface area contributed by atoms with E-state index in [2.05, 4.69) is 26.6 Å². The summed E-state index contributed by atoms with van der Waals surface area (Å²) in [5.74, 6) is -0.563. The van der Waals surface area contributed by atoms with Gasteiger partial charge in [-0.15, -0.1) is 0 Å². The molecule has 0 fully saturated rings. The third-order valence-corrected chi connectivity index (χ3v) is 3.69. The fraction of sp³-hybridized carbons (Fsp3) is 0.400. The van der Waals surface area contributed by atoms with E-state index in [1.165, 1.54) is 4.90 Å². The van der Waals surface area contributed by atoms with Gasteiger partial charge in [0, 0.05) is 23.6 Å². The zero-order valence-electron chi connectivity index (χ0n) is 12.5. The van der Waals surface area contributed by atoms with Gasteiger partial charge in [0.25, 0.3) is 11.8 Å². The average Bonchev–Trinajstić information content (AvgIpc) is 2.66. The Bertz CT molecular complexity index is 616. The molecule has 2 rings (SSSR count). The number of nitrogens with zero attached hydrogens (tertiary/aromatic N) is 1. The molecule has 0 aliphatic carbocycles. The molecule has 0 radical (unpaired) electrons. The number of hydrogen-bond acceptors (Lipinski definition) is 3. The van der Waals surface area contributed by atoms with Crippen molar-refractivity contribution < 1.29 is 14.4 Å². The highest BCUT2D eigenvalue weighted by Gasteiger charge is 2.34. The maximum Gasteiger partial charge on any atom is 0.314 e. The molecular formula is C15H18BrN3O3. The van der Waals surface area contributed by atoms with Gasteiger partial charge in [-0.25, -0.2) is 4.79 Å². The molecular weight excluding hydrogens is 350 g/mol. The van der Waals surface area contributed by atoms with Gasteiger partial charge in [0.05, 0.1) is 11.1 Å². The van der Waals surface area contributed by atoms with Crippen LogP contribution in [0.15, 0.2) is 22.7 Å². The Morgan fingerprint density at radius 3 is 2.59 bits per heavy atom. The number of benzene rings is 1. The summed E-state index contributed by atoms with van der Waals surface area (Å²) in [6.45, 7) is 4.43. The molecule has 7 heteroatoms. The van der Waals surface area contributed by atoms with Crippen LogP contribution in [0.1, 0.15) is 41.0 Å². The summed E-state index contributed by atoms with van der Waals surface area (Å²) in [6, 6.07) is 4.86. The van der Waals surface area contributed by atoms with Crippen LogP contribution in [0.5, 0.6) is 0 Å². The summed E-state index contributed by atoms with van der Waals surface area (Å²) in [6.07, 6.45) is 0.512. The van der Waals surface area contributed by atoms with Crippen LogP contribution in [0.3, 0.4) is 0 Å². The molecule has 1 heterocycles. The van der Waals surface area contributed by atoms with Crippen molar-refractivity contribution in [2.75, 3.05) is 13.1 Å². The Balaban J connectivity index is 1.86. The average molecular weight is 368 g/mol. The van der Waals surface area contributed by atoms with E-state index in [1.54, 1.807) is 18.2 Å². The van der Waals surface area contributed by atoms with Gasteiger partial charge in [0.15, 0.2) is 0 Å². The zero-order chi connectivity index (χ0) is 16.3. The summed E-state index contributed by atoms with van der Waals surface area (Å²) in [4.78, 5) is 37.0. The number of carbonyl (C=O) groups excluding carboxylic acids is 3. The Kier molecular flexibility index (Phi) is 5.18. The van der Waals surface area contributed by atoms with Gasteiger partial charge in [-0.1, -0.05) is 15.9 Å². The highest BCUT2D eigenvalue weighted by Crippen LogP contribution is 2.25. The van der Waals surface area contributed by atoms with Gasteiger partial charge in [-0.2, -0.15) is 0 Å². The van der Waals surface area contributed by atoms with E-state index in [9.17, 15) is 14.4 Å². The third kappa shape index (κ3) is 3.65. The lowest BCUT2D eigenvalue weighted by Gasteiger charge is -2.14. The van der Waals surface area contributed by atoms with Crippen LogP contribution >= 0.6 is 15.9 Å². The number of fused-ring (bicyclic) bond motifs is 1. The van der Waals surface area contributed by atoms with Crippen LogP contribution in [-0.4, -0.2) is 41.9 Å². The van der Waals surface area contributed by atoms with Gasteiger partial charge >= 0.3 is 6.03 Å². The molecule has 0 saturated heterocycles.